The van der Waals surface area contributed by atoms with Gasteiger partial charge in [-0.2, -0.15) is 0 Å². The van der Waals surface area contributed by atoms with Gasteiger partial charge in [0.25, 0.3) is 0 Å². The second-order valence-electron chi connectivity index (χ2n) is 5.57. The van der Waals surface area contributed by atoms with Crippen molar-refractivity contribution < 1.29 is 9.59 Å². The van der Waals surface area contributed by atoms with Crippen LogP contribution in [0.1, 0.15) is 37.3 Å². The molecule has 2 saturated heterocycles. The summed E-state index contributed by atoms with van der Waals surface area (Å²) in [5.74, 6) is 0.210. The molecule has 4 heteroatoms. The van der Waals surface area contributed by atoms with Crippen LogP contribution < -0.4 is 0 Å². The Kier molecular flexibility index (Phi) is 3.72. The summed E-state index contributed by atoms with van der Waals surface area (Å²) in [6.07, 6.45) is 3.58. The summed E-state index contributed by atoms with van der Waals surface area (Å²) in [6, 6.07) is 10.3. The van der Waals surface area contributed by atoms with E-state index in [0.29, 0.717) is 6.42 Å². The number of carbonyl (C=O) groups excluding carboxylic acids is 2. The van der Waals surface area contributed by atoms with Gasteiger partial charge < -0.3 is 9.80 Å². The molecule has 1 aromatic rings. The normalized spacial score (nSPS) is 22.6. The van der Waals surface area contributed by atoms with Crippen LogP contribution in [-0.2, 0) is 9.59 Å². The Morgan fingerprint density at radius 3 is 2.60 bits per heavy atom. The molecular weight excluding hydrogens is 252 g/mol. The third-order valence-corrected chi connectivity index (χ3v) is 4.27. The molecule has 2 amide bonds. The van der Waals surface area contributed by atoms with E-state index in [2.05, 4.69) is 12.1 Å². The van der Waals surface area contributed by atoms with Gasteiger partial charge in [-0.05, 0) is 24.8 Å². The second-order valence-corrected chi connectivity index (χ2v) is 5.57. The van der Waals surface area contributed by atoms with Gasteiger partial charge in [0, 0.05) is 19.5 Å². The van der Waals surface area contributed by atoms with E-state index >= 15 is 0 Å². The molecule has 2 aliphatic rings. The maximum atomic E-state index is 12.4. The second kappa shape index (κ2) is 5.65. The molecule has 20 heavy (non-hydrogen) atoms. The molecule has 106 valence electrons. The smallest absolute Gasteiger partial charge is 0.242 e. The first-order valence-corrected chi connectivity index (χ1v) is 7.38. The van der Waals surface area contributed by atoms with Gasteiger partial charge in [0.15, 0.2) is 0 Å². The summed E-state index contributed by atoms with van der Waals surface area (Å²) in [5, 5.41) is 0. The van der Waals surface area contributed by atoms with Crippen LogP contribution in [0.15, 0.2) is 30.3 Å². The van der Waals surface area contributed by atoms with Crippen LogP contribution in [0, 0.1) is 0 Å². The van der Waals surface area contributed by atoms with Crippen molar-refractivity contribution in [1.82, 2.24) is 9.80 Å². The number of rotatable bonds is 3. The van der Waals surface area contributed by atoms with Crippen molar-refractivity contribution in [3.8, 4) is 0 Å². The van der Waals surface area contributed by atoms with Crippen LogP contribution in [0.5, 0.6) is 0 Å². The predicted molar refractivity (Wildman–Crippen MR) is 75.9 cm³/mol. The Morgan fingerprint density at radius 2 is 1.95 bits per heavy atom. The number of hydrogen-bond donors (Lipinski definition) is 0. The molecule has 1 atom stereocenters. The molecule has 0 saturated carbocycles. The molecule has 1 unspecified atom stereocenters. The number of hydrogen-bond acceptors (Lipinski definition) is 2. The maximum absolute atomic E-state index is 12.4. The highest BCUT2D eigenvalue weighted by atomic mass is 16.2. The zero-order valence-electron chi connectivity index (χ0n) is 11.6. The monoisotopic (exact) mass is 272 g/mol. The average molecular weight is 272 g/mol. The Balaban J connectivity index is 1.61. The van der Waals surface area contributed by atoms with Crippen LogP contribution >= 0.6 is 0 Å². The standard InChI is InChI=1S/C16H20N2O2/c19-15-8-4-5-10-17(15)12-16(20)18-11-9-14(18)13-6-2-1-3-7-13/h1-3,6-7,14H,4-5,8-12H2. The Hall–Kier alpha value is -1.84. The van der Waals surface area contributed by atoms with Gasteiger partial charge in [-0.15, -0.1) is 0 Å². The molecule has 2 aliphatic heterocycles. The molecule has 2 heterocycles. The van der Waals surface area contributed by atoms with E-state index in [0.717, 1.165) is 32.4 Å². The van der Waals surface area contributed by atoms with Crippen molar-refractivity contribution in [2.75, 3.05) is 19.6 Å². The van der Waals surface area contributed by atoms with Crippen molar-refractivity contribution in [2.24, 2.45) is 0 Å². The zero-order valence-corrected chi connectivity index (χ0v) is 11.6. The predicted octanol–water partition coefficient (Wildman–Crippen LogP) is 1.97. The minimum absolute atomic E-state index is 0.0837. The largest absolute Gasteiger partial charge is 0.334 e. The highest BCUT2D eigenvalue weighted by Crippen LogP contribution is 2.33. The lowest BCUT2D eigenvalue weighted by molar-refractivity contribution is -0.146. The zero-order chi connectivity index (χ0) is 13.9. The highest BCUT2D eigenvalue weighted by Gasteiger charge is 2.34. The van der Waals surface area contributed by atoms with Gasteiger partial charge in [0.2, 0.25) is 11.8 Å². The van der Waals surface area contributed by atoms with E-state index in [1.165, 1.54) is 5.56 Å². The SMILES string of the molecule is O=C1CCCCN1CC(=O)N1CCC1c1ccccc1. The van der Waals surface area contributed by atoms with Crippen molar-refractivity contribution in [3.05, 3.63) is 35.9 Å². The van der Waals surface area contributed by atoms with Crippen molar-refractivity contribution in [1.29, 1.82) is 0 Å². The van der Waals surface area contributed by atoms with Crippen LogP contribution in [0.3, 0.4) is 0 Å². The molecule has 1 aromatic carbocycles. The Bertz CT molecular complexity index is 500. The summed E-state index contributed by atoms with van der Waals surface area (Å²) in [7, 11) is 0. The lowest BCUT2D eigenvalue weighted by Gasteiger charge is -2.42. The first-order chi connectivity index (χ1) is 9.75. The molecular formula is C16H20N2O2. The molecule has 0 N–H and O–H groups in total. The third-order valence-electron chi connectivity index (χ3n) is 4.27. The number of likely N-dealkylation sites (tertiary alicyclic amines) is 2. The van der Waals surface area contributed by atoms with E-state index in [-0.39, 0.29) is 24.4 Å². The van der Waals surface area contributed by atoms with E-state index < -0.39 is 0 Å². The molecule has 4 nitrogen and oxygen atoms in total. The minimum Gasteiger partial charge on any atom is -0.334 e. The fraction of sp³-hybridized carbons (Fsp3) is 0.500. The molecule has 2 fully saturated rings. The minimum atomic E-state index is 0.0837. The van der Waals surface area contributed by atoms with E-state index in [1.54, 1.807) is 4.90 Å². The summed E-state index contributed by atoms with van der Waals surface area (Å²) >= 11 is 0. The summed E-state index contributed by atoms with van der Waals surface area (Å²) < 4.78 is 0. The number of carbonyl (C=O) groups is 2. The van der Waals surface area contributed by atoms with E-state index in [9.17, 15) is 9.59 Å². The number of benzene rings is 1. The first kappa shape index (κ1) is 13.2. The summed E-state index contributed by atoms with van der Waals surface area (Å²) in [4.78, 5) is 27.7. The quantitative estimate of drug-likeness (QED) is 0.844. The third kappa shape index (κ3) is 2.55. The van der Waals surface area contributed by atoms with Gasteiger partial charge >= 0.3 is 0 Å². The Morgan fingerprint density at radius 1 is 1.15 bits per heavy atom. The van der Waals surface area contributed by atoms with E-state index in [4.69, 9.17) is 0 Å². The molecule has 0 aliphatic carbocycles. The van der Waals surface area contributed by atoms with Gasteiger partial charge in [-0.25, -0.2) is 0 Å². The molecule has 0 aromatic heterocycles. The first-order valence-electron chi connectivity index (χ1n) is 7.38. The summed E-state index contributed by atoms with van der Waals surface area (Å²) in [5.41, 5.74) is 1.19. The van der Waals surface area contributed by atoms with Crippen LogP contribution in [-0.4, -0.2) is 41.2 Å². The van der Waals surface area contributed by atoms with Crippen LogP contribution in [0.25, 0.3) is 0 Å². The fourth-order valence-corrected chi connectivity index (χ4v) is 2.99. The number of nitrogens with zero attached hydrogens (tertiary/aromatic N) is 2. The van der Waals surface area contributed by atoms with Crippen LogP contribution in [0.4, 0.5) is 0 Å². The van der Waals surface area contributed by atoms with E-state index in [1.807, 2.05) is 23.1 Å². The molecule has 0 radical (unpaired) electrons. The molecule has 0 bridgehead atoms. The summed E-state index contributed by atoms with van der Waals surface area (Å²) in [6.45, 7) is 1.79. The molecule has 3 rings (SSSR count). The number of amides is 2. The maximum Gasteiger partial charge on any atom is 0.242 e. The van der Waals surface area contributed by atoms with Crippen LogP contribution in [0.2, 0.25) is 0 Å². The molecule has 0 spiro atoms. The van der Waals surface area contributed by atoms with Crippen molar-refractivity contribution in [3.63, 3.8) is 0 Å². The van der Waals surface area contributed by atoms with Gasteiger partial charge in [0.05, 0.1) is 12.6 Å². The highest BCUT2D eigenvalue weighted by molar-refractivity contribution is 5.85. The van der Waals surface area contributed by atoms with Gasteiger partial charge in [-0.1, -0.05) is 30.3 Å². The number of piperidine rings is 1. The van der Waals surface area contributed by atoms with Crippen molar-refractivity contribution in [2.45, 2.75) is 31.7 Å². The topological polar surface area (TPSA) is 40.6 Å². The lowest BCUT2D eigenvalue weighted by Crippen LogP contribution is -2.50. The average Bonchev–Trinajstić information content (AvgIpc) is 2.41. The van der Waals surface area contributed by atoms with Gasteiger partial charge in [0.1, 0.15) is 0 Å². The fourth-order valence-electron chi connectivity index (χ4n) is 2.99. The Labute approximate surface area is 119 Å². The van der Waals surface area contributed by atoms with Crippen molar-refractivity contribution >= 4 is 11.8 Å². The van der Waals surface area contributed by atoms with Gasteiger partial charge in [-0.3, -0.25) is 9.59 Å². The lowest BCUT2D eigenvalue weighted by atomic mass is 9.94.